The maximum absolute atomic E-state index is 2.55. The minimum atomic E-state index is -0.247. The van der Waals surface area contributed by atoms with Crippen molar-refractivity contribution in [3.63, 3.8) is 0 Å². The number of hydrogen-bond donors (Lipinski definition) is 0. The summed E-state index contributed by atoms with van der Waals surface area (Å²) < 4.78 is 4.87. The molecule has 1 atom stereocenters. The van der Waals surface area contributed by atoms with Crippen molar-refractivity contribution < 1.29 is 0 Å². The molecule has 0 N–H and O–H groups in total. The van der Waals surface area contributed by atoms with E-state index in [1.807, 2.05) is 0 Å². The fourth-order valence-electron chi connectivity index (χ4n) is 19.4. The molecule has 4 heteroatoms. The summed E-state index contributed by atoms with van der Waals surface area (Å²) >= 11 is 0. The van der Waals surface area contributed by atoms with Crippen LogP contribution in [-0.2, 0) is 16.2 Å². The van der Waals surface area contributed by atoms with Gasteiger partial charge in [0.1, 0.15) is 0 Å². The Kier molecular flexibility index (Phi) is 13.9. The summed E-state index contributed by atoms with van der Waals surface area (Å²) in [4.78, 5) is 4.99. The molecule has 4 aliphatic rings. The van der Waals surface area contributed by atoms with Crippen LogP contribution in [0.3, 0.4) is 0 Å². The number of rotatable bonds is 11. The van der Waals surface area contributed by atoms with Gasteiger partial charge in [0, 0.05) is 88.9 Å². The quantitative estimate of drug-likeness (QED) is 0.128. The van der Waals surface area contributed by atoms with E-state index in [0.29, 0.717) is 0 Å². The van der Waals surface area contributed by atoms with E-state index in [1.165, 1.54) is 166 Å². The van der Waals surface area contributed by atoms with Gasteiger partial charge in [-0.2, -0.15) is 0 Å². The van der Waals surface area contributed by atoms with Crippen LogP contribution in [0.5, 0.6) is 0 Å². The zero-order valence-corrected chi connectivity index (χ0v) is 61.0. The van der Waals surface area contributed by atoms with Crippen LogP contribution in [0.15, 0.2) is 357 Å². The van der Waals surface area contributed by atoms with Gasteiger partial charge in [0.2, 0.25) is 0 Å². The highest BCUT2D eigenvalue weighted by molar-refractivity contribution is 6.14. The first-order chi connectivity index (χ1) is 52.3. The highest BCUT2D eigenvalue weighted by atomic mass is 15.2. The fourth-order valence-corrected chi connectivity index (χ4v) is 19.4. The molecule has 107 heavy (non-hydrogen) atoms. The van der Waals surface area contributed by atoms with Crippen LogP contribution >= 0.6 is 0 Å². The van der Waals surface area contributed by atoms with Crippen molar-refractivity contribution in [2.45, 2.75) is 70.1 Å². The molecule has 21 rings (SSSR count). The fraction of sp³-hybridized carbons (Fsp3) is 0.107. The second-order valence-corrected chi connectivity index (χ2v) is 31.5. The lowest BCUT2D eigenvalue weighted by atomic mass is 9.78. The average Bonchev–Trinajstić information content (AvgIpc) is 1.75. The van der Waals surface area contributed by atoms with Crippen LogP contribution in [0.25, 0.3) is 121 Å². The zero-order valence-electron chi connectivity index (χ0n) is 61.0. The topological polar surface area (TPSA) is 16.3 Å². The largest absolute Gasteiger partial charge is 0.311 e. The normalized spacial score (nSPS) is 15.4. The van der Waals surface area contributed by atoms with Gasteiger partial charge in [-0.3, -0.25) is 0 Å². The molecular weight excluding hydrogens is 1290 g/mol. The minimum absolute atomic E-state index is 0.132. The molecule has 4 nitrogen and oxygen atoms in total. The van der Waals surface area contributed by atoms with Crippen LogP contribution in [0, 0.1) is 0 Å². The van der Waals surface area contributed by atoms with Gasteiger partial charge in [0.25, 0.3) is 0 Å². The predicted molar refractivity (Wildman–Crippen MR) is 450 cm³/mol. The van der Waals surface area contributed by atoms with E-state index in [2.05, 4.69) is 406 Å². The van der Waals surface area contributed by atoms with E-state index in [0.717, 1.165) is 34.9 Å². The SMILES string of the molecule is CC1(C)C2=CC(N(c3ccc(-c4ccc5c(c4)c4ccccc4n5-c4ccccc4)cc3)c3ccc4c(c3)C(C)(C)c3ccccc3-4)=CCC2c2ccc(-c3ccc4c5cc(-c6ccc(N(c7ccccc7)c7ccc8c(c7)C(C)(C)c7ccccc7-8)c7ccccc67)ccc5n(-c5ccccc5)c4c3)cc21. The molecule has 4 aliphatic carbocycles. The number of allylic oxidation sites excluding steroid dienone is 3. The molecule has 0 amide bonds. The summed E-state index contributed by atoms with van der Waals surface area (Å²) in [5.41, 5.74) is 35.8. The zero-order chi connectivity index (χ0) is 71.6. The van der Waals surface area contributed by atoms with Crippen molar-refractivity contribution in [2.24, 2.45) is 0 Å². The van der Waals surface area contributed by atoms with Crippen molar-refractivity contribution in [1.29, 1.82) is 0 Å². The predicted octanol–water partition coefficient (Wildman–Crippen LogP) is 27.5. The number of fused-ring (bicyclic) bond motifs is 16. The average molecular weight is 1370 g/mol. The molecule has 0 spiro atoms. The third-order valence-corrected chi connectivity index (χ3v) is 24.7. The van der Waals surface area contributed by atoms with E-state index in [4.69, 9.17) is 0 Å². The second-order valence-electron chi connectivity index (χ2n) is 31.5. The summed E-state index contributed by atoms with van der Waals surface area (Å²) in [6.07, 6.45) is 5.97. The van der Waals surface area contributed by atoms with Crippen molar-refractivity contribution in [2.75, 3.05) is 9.80 Å². The van der Waals surface area contributed by atoms with E-state index < -0.39 is 0 Å². The molecule has 510 valence electrons. The van der Waals surface area contributed by atoms with Crippen LogP contribution in [-0.4, -0.2) is 9.13 Å². The molecule has 0 saturated carbocycles. The third kappa shape index (κ3) is 9.54. The maximum atomic E-state index is 2.55. The number of hydrogen-bond acceptors (Lipinski definition) is 2. The van der Waals surface area contributed by atoms with Crippen LogP contribution in [0.1, 0.15) is 87.3 Å². The van der Waals surface area contributed by atoms with Gasteiger partial charge in [-0.25, -0.2) is 0 Å². The molecule has 2 heterocycles. The van der Waals surface area contributed by atoms with E-state index >= 15 is 0 Å². The number of benzene rings is 15. The summed E-state index contributed by atoms with van der Waals surface area (Å²) in [6.45, 7) is 14.4. The molecule has 1 unspecified atom stereocenters. The van der Waals surface area contributed by atoms with Gasteiger partial charge >= 0.3 is 0 Å². The molecule has 15 aromatic carbocycles. The minimum Gasteiger partial charge on any atom is -0.311 e. The van der Waals surface area contributed by atoms with Gasteiger partial charge in [0.05, 0.1) is 27.8 Å². The van der Waals surface area contributed by atoms with Crippen LogP contribution in [0.4, 0.5) is 28.4 Å². The Morgan fingerprint density at radius 3 is 1.40 bits per heavy atom. The van der Waals surface area contributed by atoms with Gasteiger partial charge in [0.15, 0.2) is 0 Å². The summed E-state index contributed by atoms with van der Waals surface area (Å²) in [6, 6.07) is 125. The third-order valence-electron chi connectivity index (χ3n) is 24.7. The highest BCUT2D eigenvalue weighted by Gasteiger charge is 2.44. The maximum Gasteiger partial charge on any atom is 0.0547 e. The lowest BCUT2D eigenvalue weighted by Gasteiger charge is -2.33. The van der Waals surface area contributed by atoms with Crippen LogP contribution < -0.4 is 9.80 Å². The van der Waals surface area contributed by atoms with Gasteiger partial charge < -0.3 is 18.9 Å². The van der Waals surface area contributed by atoms with Crippen molar-refractivity contribution in [3.8, 4) is 67.0 Å². The molecule has 0 bridgehead atoms. The summed E-state index contributed by atoms with van der Waals surface area (Å²) in [7, 11) is 0. The lowest BCUT2D eigenvalue weighted by Crippen LogP contribution is -2.23. The summed E-state index contributed by atoms with van der Waals surface area (Å²) in [5.74, 6) is 0.266. The van der Waals surface area contributed by atoms with Crippen LogP contribution in [0.2, 0.25) is 0 Å². The van der Waals surface area contributed by atoms with Gasteiger partial charge in [-0.05, 0) is 228 Å². The van der Waals surface area contributed by atoms with Crippen molar-refractivity contribution in [1.82, 2.24) is 9.13 Å². The van der Waals surface area contributed by atoms with Gasteiger partial charge in [-0.15, -0.1) is 0 Å². The Morgan fingerprint density at radius 2 is 0.738 bits per heavy atom. The molecule has 2 aromatic heterocycles. The van der Waals surface area contributed by atoms with E-state index in [9.17, 15) is 0 Å². The highest BCUT2D eigenvalue weighted by Crippen LogP contribution is 2.58. The first kappa shape index (κ1) is 62.8. The molecule has 17 aromatic rings. The Hall–Kier alpha value is -12.8. The van der Waals surface area contributed by atoms with Crippen molar-refractivity contribution >= 4 is 82.8 Å². The number of para-hydroxylation sites is 4. The standard InChI is InChI=1S/C103H78N4/c1-101(2)90-35-21-18-31-79(90)82-51-46-74(62-93(82)101)104(73-44-38-65(39-45-73)66-42-55-98-88(58-66)86-34-20-23-37-96(86)106(98)71-26-12-8-13-27-71)75-47-52-84-81-49-40-67(60-92(81)103(5,6)95(84)63-75)68-41-50-87-89-59-69(43-56-99(89)107(100(87)61-68)72-28-14-9-15-29-72)77-54-57-97(85-33-17-16-30-78(77)85)105(70-24-10-7-11-25-70)76-48-53-83-80-32-19-22-36-91(80)102(3,4)94(83)64-76/h7-51,53-64,84H,52H2,1-6H3. The Labute approximate surface area is 625 Å². The van der Waals surface area contributed by atoms with E-state index in [-0.39, 0.29) is 22.2 Å². The first-order valence-corrected chi connectivity index (χ1v) is 37.9. The van der Waals surface area contributed by atoms with E-state index in [1.54, 1.807) is 0 Å². The Bertz CT molecular complexity index is 6620. The molecule has 0 aliphatic heterocycles. The Morgan fingerprint density at radius 1 is 0.280 bits per heavy atom. The molecular formula is C103H78N4. The molecule has 0 saturated heterocycles. The number of nitrogens with zero attached hydrogens (tertiary/aromatic N) is 4. The first-order valence-electron chi connectivity index (χ1n) is 37.9. The number of anilines is 5. The van der Waals surface area contributed by atoms with Gasteiger partial charge in [-0.1, -0.05) is 266 Å². The molecule has 0 fully saturated rings. The smallest absolute Gasteiger partial charge is 0.0547 e. The second kappa shape index (κ2) is 23.6. The van der Waals surface area contributed by atoms with Crippen molar-refractivity contribution in [3.05, 3.63) is 390 Å². The summed E-state index contributed by atoms with van der Waals surface area (Å²) in [5, 5.41) is 7.36. The lowest BCUT2D eigenvalue weighted by molar-refractivity contribution is 0.609. The monoisotopic (exact) mass is 1370 g/mol. The number of aromatic nitrogens is 2. The molecule has 0 radical (unpaired) electrons. The Balaban J connectivity index is 0.633.